The molecule has 6 heteroatoms. The summed E-state index contributed by atoms with van der Waals surface area (Å²) in [5.41, 5.74) is -0.530. The van der Waals surface area contributed by atoms with Gasteiger partial charge in [-0.05, 0) is 63.7 Å². The predicted octanol–water partition coefficient (Wildman–Crippen LogP) is 1.78. The van der Waals surface area contributed by atoms with Crippen LogP contribution in [0.4, 0.5) is 4.79 Å². The number of hydrogen-bond donors (Lipinski definition) is 1. The van der Waals surface area contributed by atoms with Gasteiger partial charge in [0.05, 0.1) is 13.2 Å². The number of morpholine rings is 1. The summed E-state index contributed by atoms with van der Waals surface area (Å²) in [6.45, 7) is 6.65. The normalized spacial score (nSPS) is 40.2. The van der Waals surface area contributed by atoms with E-state index in [2.05, 4.69) is 5.32 Å². The molecule has 1 heterocycles. The number of nitrogens with zero attached hydrogens (tertiary/aromatic N) is 1. The molecule has 1 aliphatic heterocycles. The van der Waals surface area contributed by atoms with Crippen LogP contribution in [0.5, 0.6) is 0 Å². The van der Waals surface area contributed by atoms with Crippen molar-refractivity contribution in [2.24, 2.45) is 23.7 Å². The molecule has 0 aromatic carbocycles. The van der Waals surface area contributed by atoms with Crippen molar-refractivity contribution >= 4 is 12.0 Å². The Labute approximate surface area is 143 Å². The van der Waals surface area contributed by atoms with Gasteiger partial charge in [-0.15, -0.1) is 0 Å². The minimum Gasteiger partial charge on any atom is -0.444 e. The molecular weight excluding hydrogens is 308 g/mol. The SMILES string of the molecule is CC(C)(C)OC(=O)N1CCO[C@H](C(=O)NC2[C@H]3[C@H]4CC[C@@H](C4)[C@H]23)C1. The number of hydrogen-bond acceptors (Lipinski definition) is 4. The van der Waals surface area contributed by atoms with Crippen LogP contribution in [0.3, 0.4) is 0 Å². The van der Waals surface area contributed by atoms with Crippen molar-refractivity contribution in [1.29, 1.82) is 0 Å². The summed E-state index contributed by atoms with van der Waals surface area (Å²) >= 11 is 0. The Kier molecular flexibility index (Phi) is 3.79. The van der Waals surface area contributed by atoms with Crippen LogP contribution >= 0.6 is 0 Å². The highest BCUT2D eigenvalue weighted by Crippen LogP contribution is 2.65. The largest absolute Gasteiger partial charge is 0.444 e. The Morgan fingerprint density at radius 1 is 1.17 bits per heavy atom. The van der Waals surface area contributed by atoms with Gasteiger partial charge < -0.3 is 19.7 Å². The summed E-state index contributed by atoms with van der Waals surface area (Å²) < 4.78 is 11.0. The first-order chi connectivity index (χ1) is 11.3. The molecule has 24 heavy (non-hydrogen) atoms. The Morgan fingerprint density at radius 2 is 1.83 bits per heavy atom. The molecule has 2 bridgehead atoms. The summed E-state index contributed by atoms with van der Waals surface area (Å²) in [6.07, 6.45) is 3.10. The standard InChI is InChI=1S/C18H28N2O4/c1-18(2,3)24-17(22)20-6-7-23-12(9-20)16(21)19-15-13-10-4-5-11(8-10)14(13)15/h10-15H,4-9H2,1-3H3,(H,19,21)/t10-,11-,12-,13-,14-/m0/s1. The highest BCUT2D eigenvalue weighted by Gasteiger charge is 2.65. The van der Waals surface area contributed by atoms with Gasteiger partial charge in [0.15, 0.2) is 6.10 Å². The van der Waals surface area contributed by atoms with Crippen LogP contribution in [0.25, 0.3) is 0 Å². The zero-order chi connectivity index (χ0) is 17.1. The molecule has 0 aromatic heterocycles. The van der Waals surface area contributed by atoms with Crippen LogP contribution < -0.4 is 5.32 Å². The number of rotatable bonds is 2. The first kappa shape index (κ1) is 16.2. The zero-order valence-corrected chi connectivity index (χ0v) is 14.8. The van der Waals surface area contributed by atoms with Crippen molar-refractivity contribution in [2.75, 3.05) is 19.7 Å². The van der Waals surface area contributed by atoms with Crippen LogP contribution in [-0.2, 0) is 14.3 Å². The highest BCUT2D eigenvalue weighted by atomic mass is 16.6. The summed E-state index contributed by atoms with van der Waals surface area (Å²) in [6, 6.07) is 0.351. The van der Waals surface area contributed by atoms with Crippen molar-refractivity contribution in [3.05, 3.63) is 0 Å². The lowest BCUT2D eigenvalue weighted by molar-refractivity contribution is -0.138. The van der Waals surface area contributed by atoms with Gasteiger partial charge in [-0.3, -0.25) is 4.79 Å². The van der Waals surface area contributed by atoms with Crippen LogP contribution in [-0.4, -0.2) is 54.3 Å². The molecule has 1 N–H and O–H groups in total. The highest BCUT2D eigenvalue weighted by molar-refractivity contribution is 5.82. The fourth-order valence-electron chi connectivity index (χ4n) is 5.08. The molecular formula is C18H28N2O4. The number of ether oxygens (including phenoxy) is 2. The molecule has 1 saturated heterocycles. The second-order valence-electron chi connectivity index (χ2n) is 8.81. The van der Waals surface area contributed by atoms with Crippen LogP contribution in [0.1, 0.15) is 40.0 Å². The number of carbonyl (C=O) groups excluding carboxylic acids is 2. The quantitative estimate of drug-likeness (QED) is 0.835. The lowest BCUT2D eigenvalue weighted by Crippen LogP contribution is -2.53. The third kappa shape index (κ3) is 2.89. The molecule has 2 amide bonds. The Balaban J connectivity index is 1.30. The fraction of sp³-hybridized carbons (Fsp3) is 0.889. The number of carbonyl (C=O) groups is 2. The first-order valence-electron chi connectivity index (χ1n) is 9.23. The van der Waals surface area contributed by atoms with Gasteiger partial charge in [-0.25, -0.2) is 4.79 Å². The molecule has 0 aromatic rings. The number of amides is 2. The Hall–Kier alpha value is -1.30. The lowest BCUT2D eigenvalue weighted by Gasteiger charge is -2.33. The van der Waals surface area contributed by atoms with Gasteiger partial charge in [0.25, 0.3) is 5.91 Å². The number of nitrogens with one attached hydrogen (secondary N) is 1. The maximum absolute atomic E-state index is 12.6. The third-order valence-corrected chi connectivity index (χ3v) is 6.05. The minimum atomic E-state index is -0.578. The van der Waals surface area contributed by atoms with Gasteiger partial charge in [-0.1, -0.05) is 0 Å². The van der Waals surface area contributed by atoms with Crippen LogP contribution in [0.2, 0.25) is 0 Å². The first-order valence-corrected chi connectivity index (χ1v) is 9.23. The second kappa shape index (κ2) is 5.61. The van der Waals surface area contributed by atoms with Crippen LogP contribution in [0.15, 0.2) is 0 Å². The van der Waals surface area contributed by atoms with E-state index in [9.17, 15) is 9.59 Å². The van der Waals surface area contributed by atoms with Crippen molar-refractivity contribution in [2.45, 2.75) is 57.8 Å². The van der Waals surface area contributed by atoms with E-state index in [4.69, 9.17) is 9.47 Å². The Morgan fingerprint density at radius 3 is 2.46 bits per heavy atom. The molecule has 3 saturated carbocycles. The maximum Gasteiger partial charge on any atom is 0.410 e. The van der Waals surface area contributed by atoms with Gasteiger partial charge >= 0.3 is 6.09 Å². The summed E-state index contributed by atoms with van der Waals surface area (Å²) in [4.78, 5) is 26.3. The van der Waals surface area contributed by atoms with E-state index in [-0.39, 0.29) is 18.5 Å². The average molecular weight is 336 g/mol. The summed E-state index contributed by atoms with van der Waals surface area (Å²) in [5, 5.41) is 3.19. The van der Waals surface area contributed by atoms with E-state index in [1.165, 1.54) is 19.3 Å². The van der Waals surface area contributed by atoms with Crippen molar-refractivity contribution in [1.82, 2.24) is 10.2 Å². The van der Waals surface area contributed by atoms with E-state index in [0.29, 0.717) is 31.0 Å². The topological polar surface area (TPSA) is 67.9 Å². The van der Waals surface area contributed by atoms with Crippen molar-refractivity contribution < 1.29 is 19.1 Å². The second-order valence-corrected chi connectivity index (χ2v) is 8.81. The van der Waals surface area contributed by atoms with Crippen molar-refractivity contribution in [3.8, 4) is 0 Å². The van der Waals surface area contributed by atoms with Gasteiger partial charge in [0.1, 0.15) is 5.60 Å². The van der Waals surface area contributed by atoms with E-state index in [0.717, 1.165) is 11.8 Å². The fourth-order valence-corrected chi connectivity index (χ4v) is 5.08. The molecule has 0 spiro atoms. The minimum absolute atomic E-state index is 0.0675. The smallest absolute Gasteiger partial charge is 0.410 e. The molecule has 134 valence electrons. The van der Waals surface area contributed by atoms with E-state index in [1.807, 2.05) is 20.8 Å². The van der Waals surface area contributed by atoms with Gasteiger partial charge in [-0.2, -0.15) is 0 Å². The van der Waals surface area contributed by atoms with E-state index in [1.54, 1.807) is 4.90 Å². The molecule has 0 unspecified atom stereocenters. The third-order valence-electron chi connectivity index (χ3n) is 6.05. The molecule has 3 aliphatic carbocycles. The Bertz CT molecular complexity index is 528. The molecule has 4 fully saturated rings. The molecule has 0 radical (unpaired) electrons. The van der Waals surface area contributed by atoms with Gasteiger partial charge in [0, 0.05) is 12.6 Å². The predicted molar refractivity (Wildman–Crippen MR) is 87.3 cm³/mol. The zero-order valence-electron chi connectivity index (χ0n) is 14.8. The van der Waals surface area contributed by atoms with Crippen molar-refractivity contribution in [3.63, 3.8) is 0 Å². The maximum atomic E-state index is 12.6. The van der Waals surface area contributed by atoms with Crippen LogP contribution in [0, 0.1) is 23.7 Å². The summed E-state index contributed by atoms with van der Waals surface area (Å²) in [5.74, 6) is 3.00. The average Bonchev–Trinajstić information content (AvgIpc) is 2.91. The number of fused-ring (bicyclic) bond motifs is 5. The molecule has 5 atom stereocenters. The van der Waals surface area contributed by atoms with Gasteiger partial charge in [0.2, 0.25) is 0 Å². The molecule has 6 nitrogen and oxygen atoms in total. The van der Waals surface area contributed by atoms with E-state index < -0.39 is 11.7 Å². The summed E-state index contributed by atoms with van der Waals surface area (Å²) in [7, 11) is 0. The monoisotopic (exact) mass is 336 g/mol. The lowest BCUT2D eigenvalue weighted by atomic mass is 10.0. The van der Waals surface area contributed by atoms with E-state index >= 15 is 0 Å². The molecule has 4 rings (SSSR count). The molecule has 4 aliphatic rings.